The van der Waals surface area contributed by atoms with E-state index in [0.29, 0.717) is 29.3 Å². The number of benzene rings is 1. The molecule has 0 radical (unpaired) electrons. The van der Waals surface area contributed by atoms with Gasteiger partial charge in [-0.2, -0.15) is 0 Å². The van der Waals surface area contributed by atoms with Crippen LogP contribution in [0.3, 0.4) is 0 Å². The molecular formula is C22H30FN3O2S. The zero-order valence-corrected chi connectivity index (χ0v) is 18.8. The molecule has 2 rings (SSSR count). The standard InChI is InChI=1S/C22H30FN3O2S/c1-7-8-18(19(27)25-22(3,4)5)29-21-24-14(2)17(20(28)26(21)6)13-15-9-11-16(23)12-10-15/h9-12,18H,7-8,13H2,1-6H3,(H,25,27). The van der Waals surface area contributed by atoms with Gasteiger partial charge in [0.15, 0.2) is 5.16 Å². The summed E-state index contributed by atoms with van der Waals surface area (Å²) in [5, 5.41) is 3.22. The van der Waals surface area contributed by atoms with Crippen LogP contribution in [0.15, 0.2) is 34.2 Å². The number of nitrogens with zero attached hydrogens (tertiary/aromatic N) is 2. The molecule has 0 aliphatic carbocycles. The van der Waals surface area contributed by atoms with E-state index in [4.69, 9.17) is 0 Å². The van der Waals surface area contributed by atoms with Gasteiger partial charge in [0.05, 0.1) is 5.25 Å². The Morgan fingerprint density at radius 3 is 2.45 bits per heavy atom. The first-order chi connectivity index (χ1) is 13.5. The second kappa shape index (κ2) is 9.57. The summed E-state index contributed by atoms with van der Waals surface area (Å²) in [7, 11) is 1.68. The Labute approximate surface area is 176 Å². The highest BCUT2D eigenvalue weighted by atomic mass is 32.2. The van der Waals surface area contributed by atoms with Crippen molar-refractivity contribution in [3.8, 4) is 0 Å². The highest BCUT2D eigenvalue weighted by Gasteiger charge is 2.25. The minimum Gasteiger partial charge on any atom is -0.351 e. The molecule has 2 aromatic rings. The minimum atomic E-state index is -0.322. The van der Waals surface area contributed by atoms with Gasteiger partial charge in [-0.1, -0.05) is 37.2 Å². The maximum Gasteiger partial charge on any atom is 0.257 e. The Morgan fingerprint density at radius 2 is 1.90 bits per heavy atom. The maximum atomic E-state index is 13.1. The zero-order valence-electron chi connectivity index (χ0n) is 18.0. The van der Waals surface area contributed by atoms with E-state index in [2.05, 4.69) is 10.3 Å². The first-order valence-corrected chi connectivity index (χ1v) is 10.7. The second-order valence-corrected chi connectivity index (χ2v) is 9.43. The number of carbonyl (C=O) groups excluding carboxylic acids is 1. The second-order valence-electron chi connectivity index (χ2n) is 8.26. The van der Waals surface area contributed by atoms with Gasteiger partial charge in [0.2, 0.25) is 5.91 Å². The molecule has 1 aromatic heterocycles. The Morgan fingerprint density at radius 1 is 1.28 bits per heavy atom. The van der Waals surface area contributed by atoms with Crippen LogP contribution in [-0.2, 0) is 18.3 Å². The van der Waals surface area contributed by atoms with Crippen molar-refractivity contribution in [3.63, 3.8) is 0 Å². The number of carbonyl (C=O) groups is 1. The van der Waals surface area contributed by atoms with E-state index in [9.17, 15) is 14.0 Å². The van der Waals surface area contributed by atoms with Crippen molar-refractivity contribution in [2.45, 2.75) is 69.8 Å². The molecule has 1 heterocycles. The summed E-state index contributed by atoms with van der Waals surface area (Å²) in [4.78, 5) is 30.3. The smallest absolute Gasteiger partial charge is 0.257 e. The fourth-order valence-corrected chi connectivity index (χ4v) is 4.13. The van der Waals surface area contributed by atoms with Gasteiger partial charge in [-0.05, 0) is 51.8 Å². The van der Waals surface area contributed by atoms with Gasteiger partial charge in [-0.25, -0.2) is 9.37 Å². The lowest BCUT2D eigenvalue weighted by atomic mass is 10.1. The van der Waals surface area contributed by atoms with Crippen molar-refractivity contribution >= 4 is 17.7 Å². The number of hydrogen-bond acceptors (Lipinski definition) is 4. The fourth-order valence-electron chi connectivity index (χ4n) is 2.93. The number of thioether (sulfide) groups is 1. The third-order valence-electron chi connectivity index (χ3n) is 4.43. The van der Waals surface area contributed by atoms with E-state index in [1.807, 2.05) is 27.7 Å². The van der Waals surface area contributed by atoms with Crippen LogP contribution in [0.25, 0.3) is 0 Å². The largest absolute Gasteiger partial charge is 0.351 e. The summed E-state index contributed by atoms with van der Waals surface area (Å²) in [6, 6.07) is 6.11. The average Bonchev–Trinajstić information content (AvgIpc) is 2.62. The number of halogens is 1. The highest BCUT2D eigenvalue weighted by Crippen LogP contribution is 2.25. The Hall–Kier alpha value is -2.15. The summed E-state index contributed by atoms with van der Waals surface area (Å²) < 4.78 is 14.6. The Bertz CT molecular complexity index is 917. The van der Waals surface area contributed by atoms with Crippen LogP contribution in [0.2, 0.25) is 0 Å². The van der Waals surface area contributed by atoms with Gasteiger partial charge in [-0.3, -0.25) is 14.2 Å². The van der Waals surface area contributed by atoms with Crippen molar-refractivity contribution in [2.24, 2.45) is 7.05 Å². The van der Waals surface area contributed by atoms with Crippen molar-refractivity contribution in [2.75, 3.05) is 0 Å². The minimum absolute atomic E-state index is 0.0494. The molecule has 0 saturated carbocycles. The quantitative estimate of drug-likeness (QED) is 0.544. The summed E-state index contributed by atoms with van der Waals surface area (Å²) in [5.41, 5.74) is 1.59. The van der Waals surface area contributed by atoms with Crippen molar-refractivity contribution in [3.05, 3.63) is 57.3 Å². The van der Waals surface area contributed by atoms with Gasteiger partial charge in [0.25, 0.3) is 5.56 Å². The van der Waals surface area contributed by atoms with Crippen LogP contribution < -0.4 is 10.9 Å². The summed E-state index contributed by atoms with van der Waals surface area (Å²) in [5.74, 6) is -0.356. The van der Waals surface area contributed by atoms with Crippen LogP contribution in [0.5, 0.6) is 0 Å². The molecule has 7 heteroatoms. The van der Waals surface area contributed by atoms with Gasteiger partial charge in [-0.15, -0.1) is 0 Å². The normalized spacial score (nSPS) is 12.7. The first kappa shape index (κ1) is 23.1. The Kier molecular flexibility index (Phi) is 7.63. The van der Waals surface area contributed by atoms with Gasteiger partial charge >= 0.3 is 0 Å². The number of hydrogen-bond donors (Lipinski definition) is 1. The lowest BCUT2D eigenvalue weighted by Gasteiger charge is -2.25. The number of aromatic nitrogens is 2. The molecule has 1 amide bonds. The SMILES string of the molecule is CCCC(Sc1nc(C)c(Cc2ccc(F)cc2)c(=O)n1C)C(=O)NC(C)(C)C. The van der Waals surface area contributed by atoms with Gasteiger partial charge in [0, 0.05) is 30.3 Å². The van der Waals surface area contributed by atoms with Crippen LogP contribution >= 0.6 is 11.8 Å². The molecule has 0 aliphatic heterocycles. The summed E-state index contributed by atoms with van der Waals surface area (Å²) in [6.07, 6.45) is 1.93. The predicted octanol–water partition coefficient (Wildman–Crippen LogP) is 3.99. The number of nitrogens with one attached hydrogen (secondary N) is 1. The van der Waals surface area contributed by atoms with Crippen molar-refractivity contribution in [1.29, 1.82) is 0 Å². The molecular weight excluding hydrogens is 389 g/mol. The molecule has 5 nitrogen and oxygen atoms in total. The van der Waals surface area contributed by atoms with Crippen molar-refractivity contribution in [1.82, 2.24) is 14.9 Å². The van der Waals surface area contributed by atoms with Crippen LogP contribution in [-0.4, -0.2) is 26.2 Å². The lowest BCUT2D eigenvalue weighted by molar-refractivity contribution is -0.122. The summed E-state index contributed by atoms with van der Waals surface area (Å²) >= 11 is 1.32. The first-order valence-electron chi connectivity index (χ1n) is 9.81. The third kappa shape index (κ3) is 6.42. The molecule has 0 saturated heterocycles. The predicted molar refractivity (Wildman–Crippen MR) is 116 cm³/mol. The molecule has 1 aromatic carbocycles. The number of amides is 1. The molecule has 158 valence electrons. The molecule has 0 fully saturated rings. The van der Waals surface area contributed by atoms with Crippen LogP contribution in [0.4, 0.5) is 4.39 Å². The average molecular weight is 420 g/mol. The molecule has 1 atom stereocenters. The molecule has 0 aliphatic rings. The van der Waals surface area contributed by atoms with Gasteiger partial charge in [0.1, 0.15) is 5.82 Å². The van der Waals surface area contributed by atoms with E-state index < -0.39 is 0 Å². The monoisotopic (exact) mass is 419 g/mol. The molecule has 0 bridgehead atoms. The topological polar surface area (TPSA) is 64.0 Å². The van der Waals surface area contributed by atoms with Crippen LogP contribution in [0, 0.1) is 12.7 Å². The fraction of sp³-hybridized carbons (Fsp3) is 0.500. The van der Waals surface area contributed by atoms with E-state index in [-0.39, 0.29) is 28.1 Å². The summed E-state index contributed by atoms with van der Waals surface area (Å²) in [6.45, 7) is 9.67. The van der Waals surface area contributed by atoms with Crippen molar-refractivity contribution < 1.29 is 9.18 Å². The van der Waals surface area contributed by atoms with E-state index in [1.54, 1.807) is 26.1 Å². The number of rotatable bonds is 7. The zero-order chi connectivity index (χ0) is 21.8. The number of aryl methyl sites for hydroxylation is 1. The third-order valence-corrected chi connectivity index (χ3v) is 5.74. The van der Waals surface area contributed by atoms with E-state index in [1.165, 1.54) is 28.5 Å². The lowest BCUT2D eigenvalue weighted by Crippen LogP contribution is -2.45. The molecule has 1 N–H and O–H groups in total. The molecule has 0 spiro atoms. The maximum absolute atomic E-state index is 13.1. The highest BCUT2D eigenvalue weighted by molar-refractivity contribution is 8.00. The molecule has 1 unspecified atom stereocenters. The van der Waals surface area contributed by atoms with E-state index in [0.717, 1.165) is 12.0 Å². The Balaban J connectivity index is 2.30. The molecule has 29 heavy (non-hydrogen) atoms. The van der Waals surface area contributed by atoms with Gasteiger partial charge < -0.3 is 5.32 Å². The van der Waals surface area contributed by atoms with E-state index >= 15 is 0 Å². The van der Waals surface area contributed by atoms with Crippen LogP contribution in [0.1, 0.15) is 57.4 Å².